The number of hydrogen-bond donors (Lipinski definition) is 1. The van der Waals surface area contributed by atoms with Crippen LogP contribution >= 0.6 is 7.29 Å². The summed E-state index contributed by atoms with van der Waals surface area (Å²) in [7, 11) is -3.12. The summed E-state index contributed by atoms with van der Waals surface area (Å²) in [6, 6.07) is 19.6. The van der Waals surface area contributed by atoms with Crippen molar-refractivity contribution < 1.29 is 9.67 Å². The van der Waals surface area contributed by atoms with Gasteiger partial charge in [-0.3, -0.25) is 0 Å². The first-order chi connectivity index (χ1) is 15.7. The van der Waals surface area contributed by atoms with Crippen molar-refractivity contribution in [3.8, 4) is 0 Å². The summed E-state index contributed by atoms with van der Waals surface area (Å²) in [6.45, 7) is 9.07. The molecule has 2 aromatic carbocycles. The molecule has 0 spiro atoms. The van der Waals surface area contributed by atoms with Crippen LogP contribution in [0.15, 0.2) is 76.5 Å². The summed E-state index contributed by atoms with van der Waals surface area (Å²) in [5.41, 5.74) is 0.00460. The molecular weight excluding hydrogens is 492 g/mol. The zero-order valence-corrected chi connectivity index (χ0v) is 23.0. The van der Waals surface area contributed by atoms with Gasteiger partial charge in [0.25, 0.3) is 0 Å². The summed E-state index contributed by atoms with van der Waals surface area (Å²) < 4.78 is 20.1. The van der Waals surface area contributed by atoms with Crippen molar-refractivity contribution in [3.05, 3.63) is 72.8 Å². The van der Waals surface area contributed by atoms with Crippen LogP contribution in [0.5, 0.6) is 0 Å². The first kappa shape index (κ1) is 24.8. The van der Waals surface area contributed by atoms with Crippen LogP contribution in [0.1, 0.15) is 47.0 Å². The summed E-state index contributed by atoms with van der Waals surface area (Å²) in [5, 5.41) is 14.6. The van der Waals surface area contributed by atoms with Crippen LogP contribution in [0.25, 0.3) is 0 Å². The van der Waals surface area contributed by atoms with E-state index in [0.29, 0.717) is 11.8 Å². The molecule has 4 unspecified atom stereocenters. The summed E-state index contributed by atoms with van der Waals surface area (Å²) >= 11 is -1.70. The van der Waals surface area contributed by atoms with Crippen molar-refractivity contribution in [2.45, 2.75) is 63.7 Å². The van der Waals surface area contributed by atoms with E-state index >= 15 is 0 Å². The predicted octanol–water partition coefficient (Wildman–Crippen LogP) is 6.58. The SMILES string of the molecule is CC(C)/C=C/C/[Se](CC12CCC(CC1O)C2(C)C)=N\P(=O)(c1ccccc1)c1ccccc1. The Labute approximate surface area is 203 Å². The third-order valence-electron chi connectivity index (χ3n) is 8.06. The number of hydrogen-bond acceptors (Lipinski definition) is 2. The zero-order chi connectivity index (χ0) is 23.7. The van der Waals surface area contributed by atoms with Gasteiger partial charge in [-0.2, -0.15) is 0 Å². The normalized spacial score (nSPS) is 27.6. The first-order valence-electron chi connectivity index (χ1n) is 12.2. The average molecular weight is 531 g/mol. The minimum atomic E-state index is -3.12. The fourth-order valence-corrected chi connectivity index (χ4v) is 15.7. The number of rotatable bonds is 8. The first-order valence-corrected chi connectivity index (χ1v) is 17.0. The molecule has 0 heterocycles. The molecule has 0 amide bonds. The second-order valence-electron chi connectivity index (χ2n) is 10.6. The molecule has 2 aliphatic carbocycles. The van der Waals surface area contributed by atoms with Crippen molar-refractivity contribution in [2.75, 3.05) is 0 Å². The van der Waals surface area contributed by atoms with E-state index < -0.39 is 21.0 Å². The number of aliphatic hydroxyl groups is 1. The molecule has 4 atom stereocenters. The minimum absolute atomic E-state index is 0.101. The molecule has 0 aromatic heterocycles. The Morgan fingerprint density at radius 3 is 2.12 bits per heavy atom. The van der Waals surface area contributed by atoms with Gasteiger partial charge in [-0.05, 0) is 0 Å². The molecule has 4 rings (SSSR count). The number of benzene rings is 2. The van der Waals surface area contributed by atoms with Gasteiger partial charge in [0.1, 0.15) is 0 Å². The van der Waals surface area contributed by atoms with Crippen LogP contribution in [0, 0.1) is 22.7 Å². The summed E-state index contributed by atoms with van der Waals surface area (Å²) in [4.78, 5) is 0. The fraction of sp³-hybridized carbons (Fsp3) is 0.500. The van der Waals surface area contributed by atoms with Gasteiger partial charge in [0.15, 0.2) is 0 Å². The Bertz CT molecular complexity index is 1020. The van der Waals surface area contributed by atoms with Gasteiger partial charge < -0.3 is 0 Å². The Balaban J connectivity index is 1.81. The van der Waals surface area contributed by atoms with Gasteiger partial charge in [-0.1, -0.05) is 0 Å². The van der Waals surface area contributed by atoms with E-state index in [9.17, 15) is 9.67 Å². The Morgan fingerprint density at radius 2 is 1.67 bits per heavy atom. The predicted molar refractivity (Wildman–Crippen MR) is 141 cm³/mol. The van der Waals surface area contributed by atoms with Crippen LogP contribution in [0.2, 0.25) is 10.6 Å². The Hall–Kier alpha value is -1.31. The third-order valence-corrected chi connectivity index (χ3v) is 16.4. The molecule has 3 nitrogen and oxygen atoms in total. The topological polar surface area (TPSA) is 49.7 Å². The molecule has 5 heteroatoms. The zero-order valence-electron chi connectivity index (χ0n) is 20.4. The van der Waals surface area contributed by atoms with Gasteiger partial charge in [-0.15, -0.1) is 0 Å². The number of fused-ring (bicyclic) bond motifs is 2. The van der Waals surface area contributed by atoms with Crippen molar-refractivity contribution in [2.24, 2.45) is 26.4 Å². The Kier molecular flexibility index (Phi) is 7.32. The molecule has 2 bridgehead atoms. The third kappa shape index (κ3) is 4.65. The van der Waals surface area contributed by atoms with E-state index in [-0.39, 0.29) is 16.9 Å². The summed E-state index contributed by atoms with van der Waals surface area (Å²) in [6.07, 6.45) is 7.40. The van der Waals surface area contributed by atoms with E-state index in [0.717, 1.165) is 34.1 Å². The van der Waals surface area contributed by atoms with E-state index in [1.54, 1.807) is 0 Å². The van der Waals surface area contributed by atoms with E-state index in [4.69, 9.17) is 3.73 Å². The maximum absolute atomic E-state index is 14.7. The van der Waals surface area contributed by atoms with Crippen LogP contribution in [0.3, 0.4) is 0 Å². The van der Waals surface area contributed by atoms with Crippen molar-refractivity contribution in [1.82, 2.24) is 0 Å². The van der Waals surface area contributed by atoms with Crippen LogP contribution in [-0.4, -0.2) is 24.9 Å². The molecule has 2 aliphatic rings. The van der Waals surface area contributed by atoms with Gasteiger partial charge in [-0.25, -0.2) is 0 Å². The van der Waals surface area contributed by atoms with Crippen molar-refractivity contribution >= 4 is 31.6 Å². The molecule has 0 saturated heterocycles. The quantitative estimate of drug-likeness (QED) is 0.238. The van der Waals surface area contributed by atoms with Crippen LogP contribution in [0.4, 0.5) is 0 Å². The second-order valence-corrected chi connectivity index (χ2v) is 17.3. The monoisotopic (exact) mass is 531 g/mol. The van der Waals surface area contributed by atoms with Gasteiger partial charge in [0.05, 0.1) is 0 Å². The summed E-state index contributed by atoms with van der Waals surface area (Å²) in [5.74, 6) is 1.07. The molecule has 178 valence electrons. The van der Waals surface area contributed by atoms with Gasteiger partial charge >= 0.3 is 204 Å². The standard InChI is InChI=1S/C28H38NO2PSe/c1-22(2)12-11-19-33(21-28-18-17-23(20-26(28)30)27(28,3)4)29-32(31,24-13-7-5-8-14-24)25-15-9-6-10-16-25/h5-16,22-23,26,30H,17-21H2,1-4H3/b12-11+. The van der Waals surface area contributed by atoms with E-state index in [2.05, 4.69) is 39.8 Å². The molecule has 2 fully saturated rings. The molecule has 2 aromatic rings. The van der Waals surface area contributed by atoms with Gasteiger partial charge in [0.2, 0.25) is 0 Å². The Morgan fingerprint density at radius 1 is 1.09 bits per heavy atom. The molecule has 0 aliphatic heterocycles. The van der Waals surface area contributed by atoms with Crippen LogP contribution < -0.4 is 10.6 Å². The molecule has 0 radical (unpaired) electrons. The maximum atomic E-state index is 14.7. The van der Waals surface area contributed by atoms with E-state index in [1.807, 2.05) is 60.7 Å². The van der Waals surface area contributed by atoms with Crippen molar-refractivity contribution in [3.63, 3.8) is 0 Å². The molecular formula is C28H38NO2PSe. The van der Waals surface area contributed by atoms with E-state index in [1.165, 1.54) is 6.42 Å². The number of nitrogens with zero attached hydrogens (tertiary/aromatic N) is 1. The molecule has 33 heavy (non-hydrogen) atoms. The average Bonchev–Trinajstić information content (AvgIpc) is 3.14. The molecule has 2 saturated carbocycles. The van der Waals surface area contributed by atoms with Crippen molar-refractivity contribution in [1.29, 1.82) is 0 Å². The van der Waals surface area contributed by atoms with Gasteiger partial charge in [0, 0.05) is 0 Å². The second kappa shape index (κ2) is 9.74. The molecule has 1 N–H and O–H groups in total. The fourth-order valence-electron chi connectivity index (χ4n) is 5.90. The number of aliphatic hydroxyl groups excluding tert-OH is 1. The number of allylic oxidation sites excluding steroid dienone is 2. The van der Waals surface area contributed by atoms with Crippen LogP contribution in [-0.2, 0) is 4.57 Å².